The molecule has 2 aromatic carbocycles. The van der Waals surface area contributed by atoms with E-state index in [9.17, 15) is 14.9 Å². The monoisotopic (exact) mass is 498 g/mol. The van der Waals surface area contributed by atoms with Gasteiger partial charge in [-0.15, -0.1) is 0 Å². The first-order valence-corrected chi connectivity index (χ1v) is 13.6. The predicted octanol–water partition coefficient (Wildman–Crippen LogP) is 3.09. The minimum absolute atomic E-state index is 0.110. The van der Waals surface area contributed by atoms with Crippen molar-refractivity contribution >= 4 is 46.0 Å². The number of nitrogens with one attached hydrogen (secondary N) is 1. The Balaban J connectivity index is 1.71. The molecule has 1 saturated heterocycles. The van der Waals surface area contributed by atoms with Crippen LogP contribution in [0.1, 0.15) is 33.6 Å². The van der Waals surface area contributed by atoms with E-state index < -0.39 is 26.3 Å². The van der Waals surface area contributed by atoms with Crippen molar-refractivity contribution in [3.63, 3.8) is 0 Å². The molecular weight excluding hydrogens is 471 g/mol. The number of nitrogens with zero attached hydrogens (tertiary/aromatic N) is 3. The van der Waals surface area contributed by atoms with Crippen LogP contribution in [0, 0.1) is 10.1 Å². The van der Waals surface area contributed by atoms with Crippen LogP contribution in [0.25, 0.3) is 10.9 Å². The maximum absolute atomic E-state index is 12.5. The van der Waals surface area contributed by atoms with Gasteiger partial charge < -0.3 is 0 Å². The number of hydrogen-bond acceptors (Lipinski definition) is 6. The molecule has 2 unspecified atom stereocenters. The number of non-ortho nitro benzene ring substituents is 1. The van der Waals surface area contributed by atoms with Crippen LogP contribution in [-0.4, -0.2) is 54.1 Å². The predicted molar refractivity (Wildman–Crippen MR) is 125 cm³/mol. The van der Waals surface area contributed by atoms with Crippen LogP contribution >= 0.6 is 0 Å². The molecule has 1 aliphatic heterocycles. The minimum atomic E-state index is -1.77. The molecule has 4 rings (SSSR count). The van der Waals surface area contributed by atoms with E-state index in [2.05, 4.69) is 22.5 Å². The zero-order chi connectivity index (χ0) is 22.9. The van der Waals surface area contributed by atoms with Crippen molar-refractivity contribution in [3.8, 4) is 0 Å². The number of carbonyl (C=O) groups excluding carboxylic acids is 1. The number of carbonyl (C=O) groups is 1. The van der Waals surface area contributed by atoms with E-state index in [0.29, 0.717) is 10.2 Å². The Bertz CT molecular complexity index is 1130. The second-order valence-electron chi connectivity index (χ2n) is 8.92. The third-order valence-electron chi connectivity index (χ3n) is 5.37. The third kappa shape index (κ3) is 4.86. The van der Waals surface area contributed by atoms with Gasteiger partial charge in [-0.3, -0.25) is 0 Å². The average Bonchev–Trinajstić information content (AvgIpc) is 3.17. The van der Waals surface area contributed by atoms with E-state index >= 15 is 0 Å². The fourth-order valence-electron chi connectivity index (χ4n) is 3.98. The van der Waals surface area contributed by atoms with E-state index in [-0.39, 0.29) is 10.6 Å². The zero-order valence-corrected chi connectivity index (χ0v) is 20.3. The summed E-state index contributed by atoms with van der Waals surface area (Å²) in [5.74, 6) is 0. The van der Waals surface area contributed by atoms with Gasteiger partial charge in [0, 0.05) is 0 Å². The molecule has 0 radical (unpaired) electrons. The van der Waals surface area contributed by atoms with Gasteiger partial charge in [-0.25, -0.2) is 0 Å². The van der Waals surface area contributed by atoms with Crippen molar-refractivity contribution in [2.24, 2.45) is 0 Å². The maximum atomic E-state index is 12.5. The van der Waals surface area contributed by atoms with Gasteiger partial charge in [0.2, 0.25) is 0 Å². The number of fused-ring (bicyclic) bond motifs is 1. The molecule has 1 aromatic heterocycles. The van der Waals surface area contributed by atoms with Gasteiger partial charge >= 0.3 is 191 Å². The fourth-order valence-corrected chi connectivity index (χ4v) is 10.0. The third-order valence-corrected chi connectivity index (χ3v) is 11.4. The van der Waals surface area contributed by atoms with Gasteiger partial charge in [0.1, 0.15) is 0 Å². The summed E-state index contributed by atoms with van der Waals surface area (Å²) in [6.07, 6.45) is 3.46. The second-order valence-corrected chi connectivity index (χ2v) is 14.2. The summed E-state index contributed by atoms with van der Waals surface area (Å²) in [4.78, 5) is 23.3. The molecule has 3 aromatic rings. The molecule has 0 amide bonds. The molecule has 0 saturated carbocycles. The van der Waals surface area contributed by atoms with Gasteiger partial charge in [-0.1, -0.05) is 0 Å². The van der Waals surface area contributed by atoms with Crippen LogP contribution in [0.15, 0.2) is 48.7 Å². The molecule has 32 heavy (non-hydrogen) atoms. The van der Waals surface area contributed by atoms with E-state index in [1.807, 2.05) is 39.0 Å². The van der Waals surface area contributed by atoms with Crippen LogP contribution in [0.4, 0.5) is 10.5 Å². The number of nitro benzene ring substituents is 1. The molecule has 1 aliphatic rings. The number of ether oxygens (including phenoxy) is 1. The van der Waals surface area contributed by atoms with Crippen LogP contribution in [0.3, 0.4) is 0 Å². The molecule has 1 fully saturated rings. The van der Waals surface area contributed by atoms with Crippen molar-refractivity contribution in [3.05, 3.63) is 58.8 Å². The molecule has 2 atom stereocenters. The molecule has 0 aliphatic carbocycles. The summed E-state index contributed by atoms with van der Waals surface area (Å²) in [7, 11) is 0. The van der Waals surface area contributed by atoms with E-state index in [1.54, 1.807) is 18.3 Å². The summed E-state index contributed by atoms with van der Waals surface area (Å²) in [5, 5.41) is 19.8. The molecule has 168 valence electrons. The summed E-state index contributed by atoms with van der Waals surface area (Å²) in [6, 6.07) is 13.2. The van der Waals surface area contributed by atoms with E-state index in [1.165, 1.54) is 13.4 Å². The Hall–Kier alpha value is -2.70. The van der Waals surface area contributed by atoms with Gasteiger partial charge in [-0.05, 0) is 0 Å². The average molecular weight is 498 g/mol. The Kier molecular flexibility index (Phi) is 6.35. The zero-order valence-electron chi connectivity index (χ0n) is 18.4. The van der Waals surface area contributed by atoms with Crippen LogP contribution < -0.4 is 14.0 Å². The van der Waals surface area contributed by atoms with Crippen LogP contribution in [0.2, 0.25) is 4.71 Å². The van der Waals surface area contributed by atoms with Crippen molar-refractivity contribution in [2.75, 3.05) is 13.1 Å². The Morgan fingerprint density at radius 1 is 1.22 bits per heavy atom. The van der Waals surface area contributed by atoms with Gasteiger partial charge in [0.05, 0.1) is 0 Å². The first-order chi connectivity index (χ1) is 15.2. The van der Waals surface area contributed by atoms with Gasteiger partial charge in [0.15, 0.2) is 0 Å². The Labute approximate surface area is 191 Å². The fraction of sp³-hybridized carbons (Fsp3) is 0.391. The normalized spacial score (nSPS) is 17.8. The number of nitro groups is 1. The van der Waals surface area contributed by atoms with Gasteiger partial charge in [0.25, 0.3) is 0 Å². The van der Waals surface area contributed by atoms with Crippen molar-refractivity contribution in [1.29, 1.82) is 0 Å². The van der Waals surface area contributed by atoms with Crippen molar-refractivity contribution in [2.45, 2.75) is 43.9 Å². The van der Waals surface area contributed by atoms with Gasteiger partial charge in [-0.2, -0.15) is 0 Å². The Morgan fingerprint density at radius 2 is 1.94 bits per heavy atom. The summed E-state index contributed by atoms with van der Waals surface area (Å²) in [6.45, 7) is 7.46. The SMILES string of the molecule is CC(C)(C)OC(=O)n1ncc2cc([As](c3ccc([N+](=O)[O-])cc3)C3CCCNC3)ccc21. The molecule has 8 nitrogen and oxygen atoms in total. The molecule has 0 spiro atoms. The number of aromatic nitrogens is 2. The van der Waals surface area contributed by atoms with Crippen LogP contribution in [-0.2, 0) is 4.74 Å². The first-order valence-electron chi connectivity index (χ1n) is 10.7. The molecular formula is C23H27AsN4O4. The topological polar surface area (TPSA) is 99.3 Å². The first kappa shape index (κ1) is 22.5. The molecule has 1 N–H and O–H groups in total. The summed E-state index contributed by atoms with van der Waals surface area (Å²) in [5.41, 5.74) is 0.221. The Morgan fingerprint density at radius 3 is 2.56 bits per heavy atom. The van der Waals surface area contributed by atoms with Crippen LogP contribution in [0.5, 0.6) is 0 Å². The number of rotatable bonds is 4. The molecule has 9 heteroatoms. The van der Waals surface area contributed by atoms with Crippen molar-refractivity contribution < 1.29 is 14.5 Å². The summed E-state index contributed by atoms with van der Waals surface area (Å²) < 4.78 is 9.72. The van der Waals surface area contributed by atoms with E-state index in [0.717, 1.165) is 31.3 Å². The summed E-state index contributed by atoms with van der Waals surface area (Å²) >= 11 is -1.77. The number of hydrogen-bond donors (Lipinski definition) is 1. The number of benzene rings is 2. The molecule has 2 heterocycles. The van der Waals surface area contributed by atoms with E-state index in [4.69, 9.17) is 4.74 Å². The molecule has 0 bridgehead atoms. The quantitative estimate of drug-likeness (QED) is 0.337. The second kappa shape index (κ2) is 9.04. The number of piperidine rings is 1. The van der Waals surface area contributed by atoms with Crippen molar-refractivity contribution in [1.82, 2.24) is 15.1 Å². The standard InChI is InChI=1S/C23H27AsN4O4/c1-23(2,3)32-22(29)27-21-11-8-18(13-16(21)14-26-27)24(19-5-4-12-25-15-19)17-6-9-20(10-7-17)28(30)31/h6-11,13-14,19,25H,4-5,12,15H2,1-3H3.